The molecule has 98 valence electrons. The van der Waals surface area contributed by atoms with E-state index in [1.165, 1.54) is 12.8 Å². The summed E-state index contributed by atoms with van der Waals surface area (Å²) in [5.74, 6) is 2.02. The van der Waals surface area contributed by atoms with Crippen LogP contribution < -0.4 is 5.73 Å². The van der Waals surface area contributed by atoms with Gasteiger partial charge in [0.2, 0.25) is 0 Å². The molecule has 2 saturated carbocycles. The van der Waals surface area contributed by atoms with Gasteiger partial charge in [-0.3, -0.25) is 4.79 Å². The van der Waals surface area contributed by atoms with Crippen LogP contribution in [0.25, 0.3) is 0 Å². The summed E-state index contributed by atoms with van der Waals surface area (Å²) in [4.78, 5) is 12.6. The Morgan fingerprint density at radius 1 is 1.00 bits per heavy atom. The largest absolute Gasteiger partial charge is 0.319 e. The number of ketones is 1. The SMILES string of the molecule is CC1CC(C)CC(C(=O)C2(N)CCCCC2)C1. The van der Waals surface area contributed by atoms with E-state index in [1.807, 2.05) is 0 Å². The summed E-state index contributed by atoms with van der Waals surface area (Å²) >= 11 is 0. The maximum Gasteiger partial charge on any atom is 0.155 e. The summed E-state index contributed by atoms with van der Waals surface area (Å²) in [6.07, 6.45) is 8.80. The number of carbonyl (C=O) groups excluding carboxylic acids is 1. The third-order valence-electron chi connectivity index (χ3n) is 4.79. The summed E-state index contributed by atoms with van der Waals surface area (Å²) in [6.45, 7) is 4.56. The van der Waals surface area contributed by atoms with Gasteiger partial charge in [0.1, 0.15) is 0 Å². The first-order valence-electron chi connectivity index (χ1n) is 7.34. The van der Waals surface area contributed by atoms with Gasteiger partial charge in [0, 0.05) is 5.92 Å². The van der Waals surface area contributed by atoms with Crippen LogP contribution in [0.5, 0.6) is 0 Å². The van der Waals surface area contributed by atoms with Gasteiger partial charge in [-0.15, -0.1) is 0 Å². The fraction of sp³-hybridized carbons (Fsp3) is 0.933. The van der Waals surface area contributed by atoms with Gasteiger partial charge in [0.05, 0.1) is 5.54 Å². The van der Waals surface area contributed by atoms with Crippen LogP contribution in [0.3, 0.4) is 0 Å². The molecule has 0 saturated heterocycles. The van der Waals surface area contributed by atoms with E-state index >= 15 is 0 Å². The van der Waals surface area contributed by atoms with Crippen LogP contribution in [-0.2, 0) is 4.79 Å². The summed E-state index contributed by atoms with van der Waals surface area (Å²) in [7, 11) is 0. The van der Waals surface area contributed by atoms with Crippen molar-refractivity contribution in [2.45, 2.75) is 70.8 Å². The molecule has 2 N–H and O–H groups in total. The molecule has 0 amide bonds. The molecule has 0 spiro atoms. The smallest absolute Gasteiger partial charge is 0.155 e. The van der Waals surface area contributed by atoms with Crippen LogP contribution >= 0.6 is 0 Å². The van der Waals surface area contributed by atoms with Crippen molar-refractivity contribution in [1.82, 2.24) is 0 Å². The molecule has 2 fully saturated rings. The molecule has 2 rings (SSSR count). The van der Waals surface area contributed by atoms with Crippen LogP contribution in [0, 0.1) is 17.8 Å². The molecule has 2 atom stereocenters. The van der Waals surface area contributed by atoms with Crippen molar-refractivity contribution in [2.75, 3.05) is 0 Å². The third kappa shape index (κ3) is 2.90. The molecular weight excluding hydrogens is 210 g/mol. The predicted octanol–water partition coefficient (Wildman–Crippen LogP) is 3.29. The molecule has 2 unspecified atom stereocenters. The first-order valence-corrected chi connectivity index (χ1v) is 7.34. The Balaban J connectivity index is 2.03. The number of nitrogens with two attached hydrogens (primary N) is 1. The molecule has 0 aromatic rings. The number of carbonyl (C=O) groups is 1. The number of hydrogen-bond donors (Lipinski definition) is 1. The molecule has 0 aromatic heterocycles. The highest BCUT2D eigenvalue weighted by atomic mass is 16.1. The standard InChI is InChI=1S/C15H27NO/c1-11-8-12(2)10-13(9-11)14(17)15(16)6-4-3-5-7-15/h11-13H,3-10,16H2,1-2H3. The van der Waals surface area contributed by atoms with Crippen molar-refractivity contribution in [1.29, 1.82) is 0 Å². The molecule has 0 aromatic carbocycles. The Labute approximate surface area is 105 Å². The Bertz CT molecular complexity index is 271. The molecule has 2 aliphatic rings. The van der Waals surface area contributed by atoms with Crippen molar-refractivity contribution >= 4 is 5.78 Å². The highest BCUT2D eigenvalue weighted by molar-refractivity contribution is 5.90. The second-order valence-electron chi connectivity index (χ2n) is 6.70. The zero-order valence-corrected chi connectivity index (χ0v) is 11.4. The topological polar surface area (TPSA) is 43.1 Å². The lowest BCUT2D eigenvalue weighted by Gasteiger charge is -2.38. The molecule has 2 nitrogen and oxygen atoms in total. The Kier molecular flexibility index (Phi) is 3.92. The van der Waals surface area contributed by atoms with Gasteiger partial charge in [-0.1, -0.05) is 33.1 Å². The minimum absolute atomic E-state index is 0.247. The zero-order valence-electron chi connectivity index (χ0n) is 11.4. The first kappa shape index (κ1) is 13.1. The Morgan fingerprint density at radius 2 is 1.53 bits per heavy atom. The summed E-state index contributed by atoms with van der Waals surface area (Å²) < 4.78 is 0. The van der Waals surface area contributed by atoms with Gasteiger partial charge in [-0.05, 0) is 43.9 Å². The Morgan fingerprint density at radius 3 is 2.06 bits per heavy atom. The van der Waals surface area contributed by atoms with Crippen molar-refractivity contribution in [3.05, 3.63) is 0 Å². The van der Waals surface area contributed by atoms with E-state index in [1.54, 1.807) is 0 Å². The van der Waals surface area contributed by atoms with Gasteiger partial charge in [-0.2, -0.15) is 0 Å². The van der Waals surface area contributed by atoms with Gasteiger partial charge in [0.15, 0.2) is 5.78 Å². The molecule has 0 aliphatic heterocycles. The maximum absolute atomic E-state index is 12.6. The van der Waals surface area contributed by atoms with E-state index in [2.05, 4.69) is 13.8 Å². The molecule has 2 heteroatoms. The molecule has 0 bridgehead atoms. The minimum Gasteiger partial charge on any atom is -0.319 e. The van der Waals surface area contributed by atoms with Crippen molar-refractivity contribution in [3.8, 4) is 0 Å². The molecular formula is C15H27NO. The fourth-order valence-electron chi connectivity index (χ4n) is 4.00. The maximum atomic E-state index is 12.6. The average Bonchev–Trinajstić information content (AvgIpc) is 2.27. The van der Waals surface area contributed by atoms with E-state index in [-0.39, 0.29) is 5.92 Å². The van der Waals surface area contributed by atoms with Crippen LogP contribution in [0.2, 0.25) is 0 Å². The van der Waals surface area contributed by atoms with Crippen LogP contribution in [0.4, 0.5) is 0 Å². The second-order valence-corrected chi connectivity index (χ2v) is 6.70. The second kappa shape index (κ2) is 5.09. The lowest BCUT2D eigenvalue weighted by atomic mass is 9.68. The van der Waals surface area contributed by atoms with E-state index in [4.69, 9.17) is 5.73 Å². The predicted molar refractivity (Wildman–Crippen MR) is 70.7 cm³/mol. The summed E-state index contributed by atoms with van der Waals surface area (Å²) in [5.41, 5.74) is 5.90. The number of hydrogen-bond acceptors (Lipinski definition) is 2. The summed E-state index contributed by atoms with van der Waals surface area (Å²) in [6, 6.07) is 0. The van der Waals surface area contributed by atoms with Crippen LogP contribution in [0.15, 0.2) is 0 Å². The normalized spacial score (nSPS) is 37.7. The van der Waals surface area contributed by atoms with Crippen molar-refractivity contribution < 1.29 is 4.79 Å². The zero-order chi connectivity index (χ0) is 12.5. The van der Waals surface area contributed by atoms with E-state index in [0.717, 1.165) is 38.5 Å². The molecule has 0 radical (unpaired) electrons. The molecule has 2 aliphatic carbocycles. The lowest BCUT2D eigenvalue weighted by Crippen LogP contribution is -2.53. The average molecular weight is 237 g/mol. The van der Waals surface area contributed by atoms with E-state index in [0.29, 0.717) is 17.6 Å². The lowest BCUT2D eigenvalue weighted by molar-refractivity contribution is -0.131. The van der Waals surface area contributed by atoms with Crippen molar-refractivity contribution in [3.63, 3.8) is 0 Å². The van der Waals surface area contributed by atoms with E-state index in [9.17, 15) is 4.79 Å². The van der Waals surface area contributed by atoms with Crippen molar-refractivity contribution in [2.24, 2.45) is 23.5 Å². The summed E-state index contributed by atoms with van der Waals surface area (Å²) in [5, 5.41) is 0. The van der Waals surface area contributed by atoms with Gasteiger partial charge >= 0.3 is 0 Å². The quantitative estimate of drug-likeness (QED) is 0.801. The monoisotopic (exact) mass is 237 g/mol. The van der Waals surface area contributed by atoms with Gasteiger partial charge in [-0.25, -0.2) is 0 Å². The van der Waals surface area contributed by atoms with Crippen LogP contribution in [0.1, 0.15) is 65.2 Å². The fourth-order valence-corrected chi connectivity index (χ4v) is 4.00. The number of rotatable bonds is 2. The van der Waals surface area contributed by atoms with Gasteiger partial charge in [0.25, 0.3) is 0 Å². The molecule has 17 heavy (non-hydrogen) atoms. The van der Waals surface area contributed by atoms with Gasteiger partial charge < -0.3 is 5.73 Å². The third-order valence-corrected chi connectivity index (χ3v) is 4.79. The van der Waals surface area contributed by atoms with E-state index < -0.39 is 5.54 Å². The Hall–Kier alpha value is -0.370. The number of Topliss-reactive ketones (excluding diaryl/α,β-unsaturated/α-hetero) is 1. The highest BCUT2D eigenvalue weighted by Crippen LogP contribution is 2.38. The highest BCUT2D eigenvalue weighted by Gasteiger charge is 2.41. The first-order chi connectivity index (χ1) is 8.01. The minimum atomic E-state index is -0.473. The van der Waals surface area contributed by atoms with Crippen LogP contribution in [-0.4, -0.2) is 11.3 Å². The molecule has 0 heterocycles.